The third-order valence-electron chi connectivity index (χ3n) is 2.23. The van der Waals surface area contributed by atoms with Crippen molar-refractivity contribution in [2.24, 2.45) is 4.99 Å². The molecule has 0 N–H and O–H groups in total. The Morgan fingerprint density at radius 1 is 1.42 bits per heavy atom. The zero-order chi connectivity index (χ0) is 13.8. The van der Waals surface area contributed by atoms with Crippen molar-refractivity contribution in [1.29, 1.82) is 0 Å². The average molecular weight is 294 g/mol. The number of benzene rings is 1. The Labute approximate surface area is 120 Å². The fourth-order valence-corrected chi connectivity index (χ4v) is 2.30. The van der Waals surface area contributed by atoms with Crippen LogP contribution in [-0.2, 0) is 0 Å². The zero-order valence-corrected chi connectivity index (χ0v) is 12.1. The minimum atomic E-state index is -0.130. The van der Waals surface area contributed by atoms with Crippen LogP contribution in [-0.4, -0.2) is 36.1 Å². The molecule has 6 heteroatoms. The number of ketones is 1. The summed E-state index contributed by atoms with van der Waals surface area (Å²) in [6.45, 7) is 0. The monoisotopic (exact) mass is 293 g/mol. The van der Waals surface area contributed by atoms with Gasteiger partial charge in [-0.25, -0.2) is 9.98 Å². The van der Waals surface area contributed by atoms with Crippen LogP contribution in [0.1, 0.15) is 15.2 Å². The van der Waals surface area contributed by atoms with Crippen molar-refractivity contribution >= 4 is 40.2 Å². The van der Waals surface area contributed by atoms with E-state index in [0.717, 1.165) is 0 Å². The van der Waals surface area contributed by atoms with Gasteiger partial charge in [0.15, 0.2) is 0 Å². The highest BCUT2D eigenvalue weighted by Gasteiger charge is 2.15. The van der Waals surface area contributed by atoms with E-state index in [4.69, 9.17) is 11.6 Å². The molecule has 1 heterocycles. The molecular formula is C13H12ClN3OS. The van der Waals surface area contributed by atoms with Crippen molar-refractivity contribution in [3.8, 4) is 0 Å². The molecule has 0 radical (unpaired) electrons. The number of carbonyl (C=O) groups is 1. The predicted molar refractivity (Wildman–Crippen MR) is 78.8 cm³/mol. The quantitative estimate of drug-likeness (QED) is 0.494. The van der Waals surface area contributed by atoms with E-state index in [2.05, 4.69) is 9.98 Å². The normalized spacial score (nSPS) is 10.9. The molecule has 0 aliphatic rings. The summed E-state index contributed by atoms with van der Waals surface area (Å²) in [4.78, 5) is 22.8. The van der Waals surface area contributed by atoms with E-state index in [-0.39, 0.29) is 5.78 Å². The van der Waals surface area contributed by atoms with E-state index < -0.39 is 0 Å². The largest absolute Gasteiger partial charge is 0.369 e. The van der Waals surface area contributed by atoms with Crippen LogP contribution in [0.25, 0.3) is 0 Å². The summed E-state index contributed by atoms with van der Waals surface area (Å²) >= 11 is 7.25. The zero-order valence-electron chi connectivity index (χ0n) is 10.5. The van der Waals surface area contributed by atoms with Crippen LogP contribution in [0.2, 0.25) is 5.02 Å². The SMILES string of the molecule is CN(C)/C=N\c1ncc(C(=O)c2ccccc2Cl)s1. The molecule has 1 aromatic carbocycles. The second-order valence-electron chi connectivity index (χ2n) is 4.02. The standard InChI is InChI=1S/C13H12ClN3OS/c1-17(2)8-16-13-15-7-11(19-13)12(18)9-5-3-4-6-10(9)14/h3-8H,1-2H3/b16-8-. The highest BCUT2D eigenvalue weighted by Crippen LogP contribution is 2.26. The molecule has 0 spiro atoms. The van der Waals surface area contributed by atoms with Crippen molar-refractivity contribution in [2.45, 2.75) is 0 Å². The lowest BCUT2D eigenvalue weighted by atomic mass is 10.1. The summed E-state index contributed by atoms with van der Waals surface area (Å²) in [7, 11) is 3.74. The number of hydrogen-bond donors (Lipinski definition) is 0. The Balaban J connectivity index is 2.24. The summed E-state index contributed by atoms with van der Waals surface area (Å²) in [5, 5.41) is 0.989. The first kappa shape index (κ1) is 13.7. The molecule has 0 bridgehead atoms. The van der Waals surface area contributed by atoms with Gasteiger partial charge in [0.1, 0.15) is 0 Å². The number of carbonyl (C=O) groups excluding carboxylic acids is 1. The van der Waals surface area contributed by atoms with Gasteiger partial charge in [0.2, 0.25) is 10.9 Å². The Bertz CT molecular complexity index is 622. The van der Waals surface area contributed by atoms with Crippen LogP contribution >= 0.6 is 22.9 Å². The van der Waals surface area contributed by atoms with Crippen molar-refractivity contribution in [2.75, 3.05) is 14.1 Å². The summed E-state index contributed by atoms with van der Waals surface area (Å²) in [5.74, 6) is -0.130. The lowest BCUT2D eigenvalue weighted by molar-refractivity contribution is 0.104. The van der Waals surface area contributed by atoms with E-state index in [1.807, 2.05) is 14.1 Å². The molecule has 2 aromatic rings. The lowest BCUT2D eigenvalue weighted by Crippen LogP contribution is -2.06. The topological polar surface area (TPSA) is 45.6 Å². The van der Waals surface area contributed by atoms with Gasteiger partial charge in [-0.1, -0.05) is 35.1 Å². The van der Waals surface area contributed by atoms with Crippen LogP contribution in [0, 0.1) is 0 Å². The van der Waals surface area contributed by atoms with Crippen molar-refractivity contribution in [1.82, 2.24) is 9.88 Å². The molecule has 0 saturated carbocycles. The molecule has 0 aliphatic carbocycles. The molecular weight excluding hydrogens is 282 g/mol. The minimum absolute atomic E-state index is 0.130. The van der Waals surface area contributed by atoms with Gasteiger partial charge < -0.3 is 4.90 Å². The second-order valence-corrected chi connectivity index (χ2v) is 5.44. The van der Waals surface area contributed by atoms with Gasteiger partial charge in [-0.05, 0) is 12.1 Å². The number of aliphatic imine (C=N–C) groups is 1. The molecule has 2 rings (SSSR count). The summed E-state index contributed by atoms with van der Waals surface area (Å²) in [6, 6.07) is 6.97. The number of rotatable bonds is 4. The van der Waals surface area contributed by atoms with Gasteiger partial charge in [-0.2, -0.15) is 0 Å². The van der Waals surface area contributed by atoms with Crippen LogP contribution in [0.15, 0.2) is 35.5 Å². The van der Waals surface area contributed by atoms with E-state index in [1.165, 1.54) is 17.5 Å². The van der Waals surface area contributed by atoms with Crippen molar-refractivity contribution in [3.05, 3.63) is 45.9 Å². The van der Waals surface area contributed by atoms with Crippen LogP contribution in [0.3, 0.4) is 0 Å². The number of thiazole rings is 1. The second kappa shape index (κ2) is 5.95. The maximum Gasteiger partial charge on any atom is 0.211 e. The molecule has 98 valence electrons. The average Bonchev–Trinajstić information content (AvgIpc) is 2.85. The van der Waals surface area contributed by atoms with Crippen molar-refractivity contribution < 1.29 is 4.79 Å². The van der Waals surface area contributed by atoms with E-state index >= 15 is 0 Å². The minimum Gasteiger partial charge on any atom is -0.369 e. The Kier molecular flexibility index (Phi) is 4.29. The highest BCUT2D eigenvalue weighted by molar-refractivity contribution is 7.17. The third kappa shape index (κ3) is 3.39. The maximum absolute atomic E-state index is 12.2. The molecule has 4 nitrogen and oxygen atoms in total. The summed E-state index contributed by atoms with van der Waals surface area (Å²) in [6.07, 6.45) is 3.17. The number of hydrogen-bond acceptors (Lipinski definition) is 4. The fourth-order valence-electron chi connectivity index (χ4n) is 1.37. The van der Waals surface area contributed by atoms with Crippen LogP contribution in [0.4, 0.5) is 5.13 Å². The predicted octanol–water partition coefficient (Wildman–Crippen LogP) is 3.25. The number of aromatic nitrogens is 1. The van der Waals surface area contributed by atoms with Crippen LogP contribution in [0.5, 0.6) is 0 Å². The Hall–Kier alpha value is -1.72. The molecule has 1 aromatic heterocycles. The molecule has 0 unspecified atom stereocenters. The number of halogens is 1. The fraction of sp³-hybridized carbons (Fsp3) is 0.154. The first-order valence-electron chi connectivity index (χ1n) is 5.53. The van der Waals surface area contributed by atoms with Gasteiger partial charge in [-0.15, -0.1) is 0 Å². The smallest absolute Gasteiger partial charge is 0.211 e. The molecule has 0 amide bonds. The summed E-state index contributed by atoms with van der Waals surface area (Å²) < 4.78 is 0. The molecule has 0 saturated heterocycles. The van der Waals surface area contributed by atoms with E-state index in [0.29, 0.717) is 20.6 Å². The Morgan fingerprint density at radius 2 is 2.16 bits per heavy atom. The van der Waals surface area contributed by atoms with Gasteiger partial charge >= 0.3 is 0 Å². The highest BCUT2D eigenvalue weighted by atomic mass is 35.5. The van der Waals surface area contributed by atoms with Gasteiger partial charge in [0.25, 0.3) is 0 Å². The van der Waals surface area contributed by atoms with Gasteiger partial charge in [-0.3, -0.25) is 4.79 Å². The van der Waals surface area contributed by atoms with Crippen molar-refractivity contribution in [3.63, 3.8) is 0 Å². The Morgan fingerprint density at radius 3 is 2.84 bits per heavy atom. The third-order valence-corrected chi connectivity index (χ3v) is 3.47. The number of nitrogens with zero attached hydrogens (tertiary/aromatic N) is 3. The van der Waals surface area contributed by atoms with E-state index in [1.54, 1.807) is 35.5 Å². The van der Waals surface area contributed by atoms with Crippen LogP contribution < -0.4 is 0 Å². The summed E-state index contributed by atoms with van der Waals surface area (Å²) in [5.41, 5.74) is 0.482. The first-order chi connectivity index (χ1) is 9.08. The molecule has 0 fully saturated rings. The van der Waals surface area contributed by atoms with Gasteiger partial charge in [0, 0.05) is 19.7 Å². The van der Waals surface area contributed by atoms with E-state index in [9.17, 15) is 4.79 Å². The lowest BCUT2D eigenvalue weighted by Gasteiger charge is -2.00. The first-order valence-corrected chi connectivity index (χ1v) is 6.73. The molecule has 19 heavy (non-hydrogen) atoms. The van der Waals surface area contributed by atoms with Gasteiger partial charge in [0.05, 0.1) is 22.4 Å². The maximum atomic E-state index is 12.2. The molecule has 0 atom stereocenters. The molecule has 0 aliphatic heterocycles.